The molecule has 0 radical (unpaired) electrons. The van der Waals surface area contributed by atoms with Crippen LogP contribution in [0.4, 0.5) is 0 Å². The summed E-state index contributed by atoms with van der Waals surface area (Å²) in [6.07, 6.45) is 0.258. The summed E-state index contributed by atoms with van der Waals surface area (Å²) >= 11 is 0. The summed E-state index contributed by atoms with van der Waals surface area (Å²) < 4.78 is 0. The Morgan fingerprint density at radius 3 is 1.90 bits per heavy atom. The van der Waals surface area contributed by atoms with E-state index in [1.165, 1.54) is 6.92 Å². The van der Waals surface area contributed by atoms with Crippen molar-refractivity contribution in [3.8, 4) is 0 Å². The molecule has 6 heteroatoms. The van der Waals surface area contributed by atoms with E-state index in [1.54, 1.807) is 0 Å². The van der Waals surface area contributed by atoms with E-state index in [-0.39, 0.29) is 18.2 Å². The minimum Gasteiger partial charge on any atom is -0.368 e. The number of fused-ring (bicyclic) bond motifs is 2. The van der Waals surface area contributed by atoms with Crippen LogP contribution in [0.1, 0.15) is 26.3 Å². The lowest BCUT2D eigenvalue weighted by Crippen LogP contribution is -2.55. The van der Waals surface area contributed by atoms with Gasteiger partial charge in [-0.1, -0.05) is 62.4 Å². The van der Waals surface area contributed by atoms with Gasteiger partial charge in [0.2, 0.25) is 17.7 Å². The lowest BCUT2D eigenvalue weighted by Gasteiger charge is -2.24. The highest BCUT2D eigenvalue weighted by Crippen LogP contribution is 2.29. The van der Waals surface area contributed by atoms with Crippen LogP contribution in [0, 0.1) is 5.92 Å². The standard InChI is InChI=1S/C24H27N3O3/c1-14(2)22(26-15(3)28)24(30)27-21(23(25)29)13-20-18-10-6-4-8-16(18)12-17-9-5-7-11-19(17)20/h4-12,14,21-22H,13H2,1-3H3,(H2,25,29)(H,26,28)(H,27,30)/t21-,22-/m1/s1. The Kier molecular flexibility index (Phi) is 6.35. The van der Waals surface area contributed by atoms with Gasteiger partial charge in [-0.3, -0.25) is 14.4 Å². The van der Waals surface area contributed by atoms with Crippen molar-refractivity contribution in [1.82, 2.24) is 10.6 Å². The number of hydrogen-bond donors (Lipinski definition) is 3. The molecule has 3 aromatic carbocycles. The molecule has 0 heterocycles. The molecule has 6 nitrogen and oxygen atoms in total. The smallest absolute Gasteiger partial charge is 0.243 e. The number of nitrogens with one attached hydrogen (secondary N) is 2. The molecule has 4 N–H and O–H groups in total. The molecule has 0 aliphatic carbocycles. The summed E-state index contributed by atoms with van der Waals surface area (Å²) in [5.41, 5.74) is 6.61. The van der Waals surface area contributed by atoms with Crippen LogP contribution >= 0.6 is 0 Å². The Labute approximate surface area is 175 Å². The van der Waals surface area contributed by atoms with Gasteiger partial charge in [-0.2, -0.15) is 0 Å². The van der Waals surface area contributed by atoms with Crippen LogP contribution in [-0.2, 0) is 20.8 Å². The molecule has 0 saturated carbocycles. The molecule has 0 aliphatic heterocycles. The zero-order valence-corrected chi connectivity index (χ0v) is 17.4. The summed E-state index contributed by atoms with van der Waals surface area (Å²) in [5, 5.41) is 9.53. The average molecular weight is 405 g/mol. The molecule has 0 fully saturated rings. The first-order chi connectivity index (χ1) is 14.3. The van der Waals surface area contributed by atoms with Gasteiger partial charge in [-0.25, -0.2) is 0 Å². The second kappa shape index (κ2) is 8.95. The molecule has 0 spiro atoms. The summed E-state index contributed by atoms with van der Waals surface area (Å²) in [5.74, 6) is -1.49. The van der Waals surface area contributed by atoms with E-state index in [0.717, 1.165) is 27.1 Å². The highest BCUT2D eigenvalue weighted by Gasteiger charge is 2.28. The number of carbonyl (C=O) groups is 3. The SMILES string of the molecule is CC(=O)N[C@@H](C(=O)N[C@H](Cc1c2ccccc2cc2ccccc12)C(N)=O)C(C)C. The average Bonchev–Trinajstić information content (AvgIpc) is 2.70. The van der Waals surface area contributed by atoms with Gasteiger partial charge < -0.3 is 16.4 Å². The fourth-order valence-corrected chi connectivity index (χ4v) is 3.77. The molecule has 0 aromatic heterocycles. The van der Waals surface area contributed by atoms with Crippen molar-refractivity contribution in [2.24, 2.45) is 11.7 Å². The third-order valence-electron chi connectivity index (χ3n) is 5.26. The van der Waals surface area contributed by atoms with Gasteiger partial charge in [-0.05, 0) is 39.1 Å². The van der Waals surface area contributed by atoms with E-state index in [9.17, 15) is 14.4 Å². The van der Waals surface area contributed by atoms with Gasteiger partial charge in [0.1, 0.15) is 12.1 Å². The Balaban J connectivity index is 1.99. The number of rotatable bonds is 7. The van der Waals surface area contributed by atoms with Gasteiger partial charge in [0.25, 0.3) is 0 Å². The van der Waals surface area contributed by atoms with Crippen LogP contribution in [0.5, 0.6) is 0 Å². The first-order valence-electron chi connectivity index (χ1n) is 10.0. The van der Waals surface area contributed by atoms with Crippen molar-refractivity contribution >= 4 is 39.3 Å². The normalized spacial score (nSPS) is 13.2. The molecule has 3 amide bonds. The number of amides is 3. The van der Waals surface area contributed by atoms with Crippen LogP contribution in [-0.4, -0.2) is 29.8 Å². The van der Waals surface area contributed by atoms with Crippen LogP contribution in [0.25, 0.3) is 21.5 Å². The molecule has 0 aliphatic rings. The van der Waals surface area contributed by atoms with Gasteiger partial charge in [0.05, 0.1) is 0 Å². The lowest BCUT2D eigenvalue weighted by molar-refractivity contribution is -0.131. The maximum Gasteiger partial charge on any atom is 0.243 e. The predicted molar refractivity (Wildman–Crippen MR) is 119 cm³/mol. The monoisotopic (exact) mass is 405 g/mol. The Hall–Kier alpha value is -3.41. The third kappa shape index (κ3) is 4.59. The van der Waals surface area contributed by atoms with Crippen molar-refractivity contribution < 1.29 is 14.4 Å². The topological polar surface area (TPSA) is 101 Å². The quantitative estimate of drug-likeness (QED) is 0.527. The first-order valence-corrected chi connectivity index (χ1v) is 10.0. The molecule has 0 bridgehead atoms. The first kappa shape index (κ1) is 21.3. The Bertz CT molecular complexity index is 1050. The molecule has 3 aromatic rings. The highest BCUT2D eigenvalue weighted by molar-refractivity contribution is 6.03. The number of primary amides is 1. The zero-order valence-electron chi connectivity index (χ0n) is 17.4. The molecule has 156 valence electrons. The Morgan fingerprint density at radius 2 is 1.43 bits per heavy atom. The lowest BCUT2D eigenvalue weighted by atomic mass is 9.92. The number of nitrogens with two attached hydrogens (primary N) is 1. The fraction of sp³-hybridized carbons (Fsp3) is 0.292. The Morgan fingerprint density at radius 1 is 0.900 bits per heavy atom. The molecule has 2 atom stereocenters. The maximum atomic E-state index is 12.8. The molecular weight excluding hydrogens is 378 g/mol. The molecule has 0 saturated heterocycles. The molecule has 30 heavy (non-hydrogen) atoms. The summed E-state index contributed by atoms with van der Waals surface area (Å²) in [7, 11) is 0. The van der Waals surface area contributed by atoms with Crippen LogP contribution in [0.3, 0.4) is 0 Å². The second-order valence-corrected chi connectivity index (χ2v) is 7.89. The maximum absolute atomic E-state index is 12.8. The van der Waals surface area contributed by atoms with Crippen molar-refractivity contribution in [1.29, 1.82) is 0 Å². The van der Waals surface area contributed by atoms with E-state index < -0.39 is 23.9 Å². The molecule has 3 rings (SSSR count). The van der Waals surface area contributed by atoms with E-state index in [0.29, 0.717) is 0 Å². The third-order valence-corrected chi connectivity index (χ3v) is 5.26. The van der Waals surface area contributed by atoms with Gasteiger partial charge in [-0.15, -0.1) is 0 Å². The van der Waals surface area contributed by atoms with Crippen LogP contribution in [0.2, 0.25) is 0 Å². The zero-order chi connectivity index (χ0) is 21.8. The predicted octanol–water partition coefficient (Wildman–Crippen LogP) is 2.67. The second-order valence-electron chi connectivity index (χ2n) is 7.89. The van der Waals surface area contributed by atoms with E-state index in [2.05, 4.69) is 16.7 Å². The highest BCUT2D eigenvalue weighted by atomic mass is 16.2. The number of benzene rings is 3. The summed E-state index contributed by atoms with van der Waals surface area (Å²) in [6.45, 7) is 5.02. The van der Waals surface area contributed by atoms with Crippen LogP contribution in [0.15, 0.2) is 54.6 Å². The van der Waals surface area contributed by atoms with Gasteiger partial charge in [0.15, 0.2) is 0 Å². The minimum atomic E-state index is -0.901. The van der Waals surface area contributed by atoms with Crippen molar-refractivity contribution in [2.45, 2.75) is 39.3 Å². The number of hydrogen-bond acceptors (Lipinski definition) is 3. The minimum absolute atomic E-state index is 0.138. The largest absolute Gasteiger partial charge is 0.368 e. The van der Waals surface area contributed by atoms with Crippen LogP contribution < -0.4 is 16.4 Å². The summed E-state index contributed by atoms with van der Waals surface area (Å²) in [6, 6.07) is 16.4. The number of carbonyl (C=O) groups excluding carboxylic acids is 3. The van der Waals surface area contributed by atoms with Crippen molar-refractivity contribution in [3.63, 3.8) is 0 Å². The van der Waals surface area contributed by atoms with Gasteiger partial charge in [0, 0.05) is 13.3 Å². The fourth-order valence-electron chi connectivity index (χ4n) is 3.77. The van der Waals surface area contributed by atoms with E-state index in [4.69, 9.17) is 5.73 Å². The molecule has 0 unspecified atom stereocenters. The van der Waals surface area contributed by atoms with Gasteiger partial charge >= 0.3 is 0 Å². The summed E-state index contributed by atoms with van der Waals surface area (Å²) in [4.78, 5) is 36.5. The van der Waals surface area contributed by atoms with E-state index >= 15 is 0 Å². The van der Waals surface area contributed by atoms with Crippen molar-refractivity contribution in [2.75, 3.05) is 0 Å². The van der Waals surface area contributed by atoms with Crippen molar-refractivity contribution in [3.05, 3.63) is 60.2 Å². The van der Waals surface area contributed by atoms with E-state index in [1.807, 2.05) is 62.4 Å². The molecular formula is C24H27N3O3.